The van der Waals surface area contributed by atoms with Gasteiger partial charge in [-0.3, -0.25) is 0 Å². The third-order valence-corrected chi connectivity index (χ3v) is 3.17. The summed E-state index contributed by atoms with van der Waals surface area (Å²) in [5.74, 6) is 1.26. The maximum absolute atomic E-state index is 11.7. The number of carbonyl (C=O) groups is 1. The van der Waals surface area contributed by atoms with Crippen LogP contribution in [0.3, 0.4) is 0 Å². The largest absolute Gasteiger partial charge is 0.491 e. The summed E-state index contributed by atoms with van der Waals surface area (Å²) in [5, 5.41) is 2.91. The highest BCUT2D eigenvalue weighted by molar-refractivity contribution is 5.69. The fourth-order valence-electron chi connectivity index (χ4n) is 2.25. The van der Waals surface area contributed by atoms with E-state index < -0.39 is 5.60 Å². The summed E-state index contributed by atoms with van der Waals surface area (Å²) in [6.45, 7) is 9.62. The Morgan fingerprint density at radius 3 is 2.38 bits per heavy atom. The number of alkyl carbamates (subject to hydrolysis) is 1. The minimum Gasteiger partial charge on any atom is -0.491 e. The molecule has 0 aromatic heterocycles. The Hall–Kier alpha value is -1.71. The third kappa shape index (κ3) is 4.96. The first kappa shape index (κ1) is 15.7. The van der Waals surface area contributed by atoms with Crippen LogP contribution in [0.25, 0.3) is 0 Å². The number of hydrogen-bond acceptors (Lipinski definition) is 3. The molecule has 1 aliphatic carbocycles. The van der Waals surface area contributed by atoms with E-state index in [1.165, 1.54) is 5.56 Å². The molecule has 0 aliphatic heterocycles. The van der Waals surface area contributed by atoms with Gasteiger partial charge in [-0.05, 0) is 58.7 Å². The molecule has 0 spiro atoms. The SMILES string of the molecule is CC(C)Oc1ccc([C@@H]2C[C@H]2NC(=O)OC(C)(C)C)cc1. The first-order valence-electron chi connectivity index (χ1n) is 7.51. The van der Waals surface area contributed by atoms with Crippen LogP contribution in [0, 0.1) is 0 Å². The molecule has 116 valence electrons. The molecule has 1 aromatic carbocycles. The Kier molecular flexibility index (Phi) is 4.45. The van der Waals surface area contributed by atoms with Gasteiger partial charge in [0.25, 0.3) is 0 Å². The lowest BCUT2D eigenvalue weighted by atomic mass is 10.1. The van der Waals surface area contributed by atoms with E-state index in [9.17, 15) is 4.79 Å². The third-order valence-electron chi connectivity index (χ3n) is 3.17. The monoisotopic (exact) mass is 291 g/mol. The smallest absolute Gasteiger partial charge is 0.407 e. The second-order valence-corrected chi connectivity index (χ2v) is 6.83. The van der Waals surface area contributed by atoms with E-state index in [1.54, 1.807) is 0 Å². The minimum absolute atomic E-state index is 0.178. The summed E-state index contributed by atoms with van der Waals surface area (Å²) in [5.41, 5.74) is 0.775. The van der Waals surface area contributed by atoms with Gasteiger partial charge in [0.15, 0.2) is 0 Å². The predicted octanol–water partition coefficient (Wildman–Crippen LogP) is 3.85. The van der Waals surface area contributed by atoms with Crippen molar-refractivity contribution >= 4 is 6.09 Å². The zero-order chi connectivity index (χ0) is 15.6. The zero-order valence-corrected chi connectivity index (χ0v) is 13.5. The van der Waals surface area contributed by atoms with Gasteiger partial charge in [-0.2, -0.15) is 0 Å². The van der Waals surface area contributed by atoms with Crippen LogP contribution < -0.4 is 10.1 Å². The van der Waals surface area contributed by atoms with Crippen LogP contribution in [0.4, 0.5) is 4.79 Å². The average molecular weight is 291 g/mol. The zero-order valence-electron chi connectivity index (χ0n) is 13.5. The van der Waals surface area contributed by atoms with Gasteiger partial charge in [0.05, 0.1) is 6.10 Å². The normalized spacial score (nSPS) is 21.0. The van der Waals surface area contributed by atoms with Crippen LogP contribution >= 0.6 is 0 Å². The van der Waals surface area contributed by atoms with Crippen LogP contribution in [0.1, 0.15) is 52.5 Å². The molecule has 1 aromatic rings. The van der Waals surface area contributed by atoms with Crippen molar-refractivity contribution in [2.75, 3.05) is 0 Å². The summed E-state index contributed by atoms with van der Waals surface area (Å²) >= 11 is 0. The Balaban J connectivity index is 1.84. The number of ether oxygens (including phenoxy) is 2. The van der Waals surface area contributed by atoms with Crippen molar-refractivity contribution in [3.05, 3.63) is 29.8 Å². The number of rotatable bonds is 4. The number of hydrogen-bond donors (Lipinski definition) is 1. The molecule has 1 N–H and O–H groups in total. The van der Waals surface area contributed by atoms with Gasteiger partial charge in [0.1, 0.15) is 11.4 Å². The Bertz CT molecular complexity index is 488. The van der Waals surface area contributed by atoms with E-state index in [1.807, 2.05) is 46.8 Å². The lowest BCUT2D eigenvalue weighted by Crippen LogP contribution is -2.34. The minimum atomic E-state index is -0.454. The molecule has 0 saturated heterocycles. The first-order valence-corrected chi connectivity index (χ1v) is 7.51. The van der Waals surface area contributed by atoms with E-state index in [2.05, 4.69) is 17.4 Å². The van der Waals surface area contributed by atoms with E-state index >= 15 is 0 Å². The number of carbonyl (C=O) groups excluding carboxylic acids is 1. The van der Waals surface area contributed by atoms with Crippen molar-refractivity contribution < 1.29 is 14.3 Å². The standard InChI is InChI=1S/C17H25NO3/c1-11(2)20-13-8-6-12(7-9-13)14-10-15(14)18-16(19)21-17(3,4)5/h6-9,11,14-15H,10H2,1-5H3,(H,18,19)/t14-,15+/m0/s1. The number of benzene rings is 1. The van der Waals surface area contributed by atoms with Crippen molar-refractivity contribution in [3.63, 3.8) is 0 Å². The van der Waals surface area contributed by atoms with Crippen molar-refractivity contribution in [3.8, 4) is 5.75 Å². The second-order valence-electron chi connectivity index (χ2n) is 6.83. The van der Waals surface area contributed by atoms with E-state index in [0.717, 1.165) is 12.2 Å². The van der Waals surface area contributed by atoms with Gasteiger partial charge in [-0.25, -0.2) is 4.79 Å². The molecule has 0 bridgehead atoms. The first-order chi connectivity index (χ1) is 9.74. The van der Waals surface area contributed by atoms with E-state index in [-0.39, 0.29) is 18.2 Å². The summed E-state index contributed by atoms with van der Waals surface area (Å²) in [4.78, 5) is 11.7. The van der Waals surface area contributed by atoms with Crippen LogP contribution in [0.2, 0.25) is 0 Å². The summed E-state index contributed by atoms with van der Waals surface area (Å²) < 4.78 is 10.9. The fraction of sp³-hybridized carbons (Fsp3) is 0.588. The van der Waals surface area contributed by atoms with Crippen LogP contribution in [-0.2, 0) is 4.74 Å². The maximum Gasteiger partial charge on any atom is 0.407 e. The predicted molar refractivity (Wildman–Crippen MR) is 82.7 cm³/mol. The Labute approximate surface area is 126 Å². The van der Waals surface area contributed by atoms with Gasteiger partial charge in [0, 0.05) is 12.0 Å². The van der Waals surface area contributed by atoms with Crippen molar-refractivity contribution in [1.29, 1.82) is 0 Å². The Morgan fingerprint density at radius 2 is 1.86 bits per heavy atom. The van der Waals surface area contributed by atoms with Crippen molar-refractivity contribution in [2.24, 2.45) is 0 Å². The molecule has 21 heavy (non-hydrogen) atoms. The molecular formula is C17H25NO3. The van der Waals surface area contributed by atoms with Gasteiger partial charge in [-0.15, -0.1) is 0 Å². The summed E-state index contributed by atoms with van der Waals surface area (Å²) in [6.07, 6.45) is 0.803. The molecule has 0 heterocycles. The highest BCUT2D eigenvalue weighted by Gasteiger charge is 2.40. The van der Waals surface area contributed by atoms with E-state index in [0.29, 0.717) is 5.92 Å². The van der Waals surface area contributed by atoms with Crippen LogP contribution in [-0.4, -0.2) is 23.8 Å². The second kappa shape index (κ2) is 5.96. The lowest BCUT2D eigenvalue weighted by Gasteiger charge is -2.19. The number of amides is 1. The average Bonchev–Trinajstić information content (AvgIpc) is 3.05. The topological polar surface area (TPSA) is 47.6 Å². The summed E-state index contributed by atoms with van der Waals surface area (Å²) in [6, 6.07) is 8.28. The molecule has 1 saturated carbocycles. The van der Waals surface area contributed by atoms with Crippen LogP contribution in [0.5, 0.6) is 5.75 Å². The maximum atomic E-state index is 11.7. The molecule has 1 amide bonds. The molecular weight excluding hydrogens is 266 g/mol. The molecule has 4 nitrogen and oxygen atoms in total. The van der Waals surface area contributed by atoms with Crippen molar-refractivity contribution in [1.82, 2.24) is 5.32 Å². The molecule has 2 atom stereocenters. The molecule has 4 heteroatoms. The quantitative estimate of drug-likeness (QED) is 0.916. The summed E-state index contributed by atoms with van der Waals surface area (Å²) in [7, 11) is 0. The van der Waals surface area contributed by atoms with E-state index in [4.69, 9.17) is 9.47 Å². The fourth-order valence-corrected chi connectivity index (χ4v) is 2.25. The molecule has 1 aliphatic rings. The van der Waals surface area contributed by atoms with Gasteiger partial charge < -0.3 is 14.8 Å². The molecule has 0 unspecified atom stereocenters. The number of nitrogens with one attached hydrogen (secondary N) is 1. The van der Waals surface area contributed by atoms with Gasteiger partial charge >= 0.3 is 6.09 Å². The van der Waals surface area contributed by atoms with Crippen molar-refractivity contribution in [2.45, 2.75) is 64.7 Å². The van der Waals surface area contributed by atoms with Gasteiger partial charge in [-0.1, -0.05) is 12.1 Å². The highest BCUT2D eigenvalue weighted by Crippen LogP contribution is 2.41. The van der Waals surface area contributed by atoms with Crippen LogP contribution in [0.15, 0.2) is 24.3 Å². The molecule has 1 fully saturated rings. The molecule has 2 rings (SSSR count). The Morgan fingerprint density at radius 1 is 1.24 bits per heavy atom. The van der Waals surface area contributed by atoms with Gasteiger partial charge in [0.2, 0.25) is 0 Å². The highest BCUT2D eigenvalue weighted by atomic mass is 16.6. The lowest BCUT2D eigenvalue weighted by molar-refractivity contribution is 0.0523. The molecule has 0 radical (unpaired) electrons.